The largest absolute Gasteiger partial charge is 0.493 e. The Balaban J connectivity index is 1.20. The van der Waals surface area contributed by atoms with Gasteiger partial charge in [-0.3, -0.25) is 4.79 Å². The number of hydrogen-bond donors (Lipinski definition) is 1. The number of piperidine rings is 2. The van der Waals surface area contributed by atoms with Crippen LogP contribution in [-0.2, 0) is 6.54 Å². The molecule has 2 heterocycles. The van der Waals surface area contributed by atoms with Crippen LogP contribution in [0.15, 0.2) is 42.5 Å². The van der Waals surface area contributed by atoms with Crippen molar-refractivity contribution in [3.8, 4) is 5.75 Å². The van der Waals surface area contributed by atoms with Crippen LogP contribution in [0.1, 0.15) is 41.6 Å². The molecule has 0 aliphatic carbocycles. The summed E-state index contributed by atoms with van der Waals surface area (Å²) >= 11 is 12.1. The Morgan fingerprint density at radius 3 is 2.33 bits per heavy atom. The van der Waals surface area contributed by atoms with Crippen LogP contribution in [0.5, 0.6) is 5.75 Å². The van der Waals surface area contributed by atoms with Crippen molar-refractivity contribution < 1.29 is 9.53 Å². The third-order valence-corrected chi connectivity index (χ3v) is 7.53. The smallest absolute Gasteiger partial charge is 0.253 e. The van der Waals surface area contributed by atoms with Crippen molar-refractivity contribution in [3.63, 3.8) is 0 Å². The molecule has 33 heavy (non-hydrogen) atoms. The molecule has 0 bridgehead atoms. The highest BCUT2D eigenvalue weighted by molar-refractivity contribution is 6.42. The maximum atomic E-state index is 12.9. The van der Waals surface area contributed by atoms with Gasteiger partial charge in [-0.1, -0.05) is 29.3 Å². The summed E-state index contributed by atoms with van der Waals surface area (Å²) in [7, 11) is 2.17. The lowest BCUT2D eigenvalue weighted by Gasteiger charge is -2.32. The summed E-state index contributed by atoms with van der Waals surface area (Å²) in [5.74, 6) is 1.56. The maximum Gasteiger partial charge on any atom is 0.253 e. The number of nitrogens with one attached hydrogen (secondary N) is 1. The summed E-state index contributed by atoms with van der Waals surface area (Å²) in [6.45, 7) is 5.29. The van der Waals surface area contributed by atoms with Crippen LogP contribution < -0.4 is 10.1 Å². The number of carbonyl (C=O) groups excluding carboxylic acids is 1. The highest BCUT2D eigenvalue weighted by Crippen LogP contribution is 2.23. The zero-order valence-electron chi connectivity index (χ0n) is 19.2. The first-order chi connectivity index (χ1) is 16.0. The quantitative estimate of drug-likeness (QED) is 0.586. The number of benzene rings is 2. The van der Waals surface area contributed by atoms with Crippen molar-refractivity contribution in [2.75, 3.05) is 39.8 Å². The van der Waals surface area contributed by atoms with Gasteiger partial charge in [-0.2, -0.15) is 0 Å². The van der Waals surface area contributed by atoms with Crippen LogP contribution in [-0.4, -0.2) is 61.6 Å². The fraction of sp³-hybridized carbons (Fsp3) is 0.500. The topological polar surface area (TPSA) is 44.8 Å². The Morgan fingerprint density at radius 1 is 0.970 bits per heavy atom. The molecule has 178 valence electrons. The molecule has 0 unspecified atom stereocenters. The number of amides is 1. The zero-order chi connectivity index (χ0) is 23.2. The first-order valence-corrected chi connectivity index (χ1v) is 12.6. The van der Waals surface area contributed by atoms with Gasteiger partial charge in [0.05, 0.1) is 16.7 Å². The Kier molecular flexibility index (Phi) is 8.53. The zero-order valence-corrected chi connectivity index (χ0v) is 20.7. The van der Waals surface area contributed by atoms with Crippen molar-refractivity contribution in [1.82, 2.24) is 15.1 Å². The molecule has 1 amide bonds. The molecule has 2 aromatic carbocycles. The number of halogens is 2. The molecule has 0 atom stereocenters. The van der Waals surface area contributed by atoms with E-state index in [4.69, 9.17) is 27.9 Å². The van der Waals surface area contributed by atoms with Gasteiger partial charge >= 0.3 is 0 Å². The van der Waals surface area contributed by atoms with E-state index < -0.39 is 0 Å². The van der Waals surface area contributed by atoms with E-state index in [1.165, 1.54) is 12.8 Å². The first-order valence-electron chi connectivity index (χ1n) is 11.9. The molecule has 0 aromatic heterocycles. The van der Waals surface area contributed by atoms with Crippen molar-refractivity contribution in [1.29, 1.82) is 0 Å². The molecule has 5 nitrogen and oxygen atoms in total. The summed E-state index contributed by atoms with van der Waals surface area (Å²) in [6, 6.07) is 13.7. The van der Waals surface area contributed by atoms with Gasteiger partial charge in [0.2, 0.25) is 0 Å². The van der Waals surface area contributed by atoms with Crippen LogP contribution in [0.3, 0.4) is 0 Å². The number of ether oxygens (including phenoxy) is 1. The Bertz CT molecular complexity index is 922. The predicted molar refractivity (Wildman–Crippen MR) is 134 cm³/mol. The van der Waals surface area contributed by atoms with Gasteiger partial charge in [-0.25, -0.2) is 0 Å². The Hall–Kier alpha value is -1.79. The van der Waals surface area contributed by atoms with Gasteiger partial charge in [-0.05, 0) is 93.7 Å². The van der Waals surface area contributed by atoms with E-state index in [1.54, 1.807) is 0 Å². The number of carbonyl (C=O) groups is 1. The monoisotopic (exact) mass is 489 g/mol. The lowest BCUT2D eigenvalue weighted by molar-refractivity contribution is 0.0704. The van der Waals surface area contributed by atoms with Crippen LogP contribution in [0.25, 0.3) is 0 Å². The van der Waals surface area contributed by atoms with E-state index in [2.05, 4.69) is 17.3 Å². The highest BCUT2D eigenvalue weighted by Gasteiger charge is 2.23. The van der Waals surface area contributed by atoms with Gasteiger partial charge in [0.25, 0.3) is 5.91 Å². The van der Waals surface area contributed by atoms with E-state index in [9.17, 15) is 4.79 Å². The normalized spacial score (nSPS) is 18.5. The SMILES string of the molecule is CN1CCC(COc2ccc(C(=O)N3CCC(NCc4ccc(Cl)c(Cl)c4)CC3)cc2)CC1. The summed E-state index contributed by atoms with van der Waals surface area (Å²) in [5, 5.41) is 4.73. The molecule has 2 saturated heterocycles. The second kappa shape index (κ2) is 11.6. The molecule has 0 radical (unpaired) electrons. The van der Waals surface area contributed by atoms with Crippen LogP contribution >= 0.6 is 23.2 Å². The van der Waals surface area contributed by atoms with Crippen LogP contribution in [0, 0.1) is 5.92 Å². The second-order valence-corrected chi connectivity index (χ2v) is 10.1. The minimum absolute atomic E-state index is 0.0970. The fourth-order valence-electron chi connectivity index (χ4n) is 4.52. The standard InChI is InChI=1S/C26H33Cl2N3O2/c1-30-12-8-19(9-13-30)18-33-23-5-3-21(4-6-23)26(32)31-14-10-22(11-15-31)29-17-20-2-7-24(27)25(28)16-20/h2-7,16,19,22,29H,8-15,17-18H2,1H3. The van der Waals surface area contributed by atoms with Crippen molar-refractivity contribution in [3.05, 3.63) is 63.6 Å². The number of hydrogen-bond acceptors (Lipinski definition) is 4. The van der Waals surface area contributed by atoms with E-state index in [1.807, 2.05) is 47.4 Å². The summed E-state index contributed by atoms with van der Waals surface area (Å²) < 4.78 is 5.98. The average molecular weight is 490 g/mol. The molecule has 2 aromatic rings. The van der Waals surface area contributed by atoms with Crippen molar-refractivity contribution in [2.45, 2.75) is 38.3 Å². The first kappa shape index (κ1) is 24.3. The van der Waals surface area contributed by atoms with Crippen molar-refractivity contribution in [2.24, 2.45) is 5.92 Å². The lowest BCUT2D eigenvalue weighted by atomic mass is 9.98. The summed E-state index contributed by atoms with van der Waals surface area (Å²) in [5.41, 5.74) is 1.84. The van der Waals surface area contributed by atoms with E-state index in [-0.39, 0.29) is 5.91 Å². The maximum absolute atomic E-state index is 12.9. The Labute approximate surface area is 207 Å². The molecule has 4 rings (SSSR count). The van der Waals surface area contributed by atoms with E-state index in [0.717, 1.165) is 69.0 Å². The van der Waals surface area contributed by atoms with Gasteiger partial charge in [0.1, 0.15) is 5.75 Å². The fourth-order valence-corrected chi connectivity index (χ4v) is 4.84. The highest BCUT2D eigenvalue weighted by atomic mass is 35.5. The molecule has 0 saturated carbocycles. The number of nitrogens with zero attached hydrogens (tertiary/aromatic N) is 2. The van der Waals surface area contributed by atoms with Gasteiger partial charge in [0, 0.05) is 31.2 Å². The van der Waals surface area contributed by atoms with Crippen LogP contribution in [0.4, 0.5) is 0 Å². The number of rotatable bonds is 7. The molecule has 1 N–H and O–H groups in total. The molecule has 0 spiro atoms. The van der Waals surface area contributed by atoms with E-state index >= 15 is 0 Å². The molecular formula is C26H33Cl2N3O2. The lowest BCUT2D eigenvalue weighted by Crippen LogP contribution is -2.44. The van der Waals surface area contributed by atoms with E-state index in [0.29, 0.717) is 22.0 Å². The van der Waals surface area contributed by atoms with Gasteiger partial charge < -0.3 is 19.9 Å². The predicted octanol–water partition coefficient (Wildman–Crippen LogP) is 5.11. The minimum atomic E-state index is 0.0970. The molecule has 2 fully saturated rings. The second-order valence-electron chi connectivity index (χ2n) is 9.28. The number of likely N-dealkylation sites (tertiary alicyclic amines) is 2. The van der Waals surface area contributed by atoms with Gasteiger partial charge in [-0.15, -0.1) is 0 Å². The third-order valence-electron chi connectivity index (χ3n) is 6.79. The third kappa shape index (κ3) is 6.86. The molecule has 7 heteroatoms. The molecule has 2 aliphatic rings. The summed E-state index contributed by atoms with van der Waals surface area (Å²) in [4.78, 5) is 17.3. The van der Waals surface area contributed by atoms with Crippen LogP contribution in [0.2, 0.25) is 10.0 Å². The summed E-state index contributed by atoms with van der Waals surface area (Å²) in [6.07, 6.45) is 4.24. The Morgan fingerprint density at radius 2 is 1.67 bits per heavy atom. The van der Waals surface area contributed by atoms with Gasteiger partial charge in [0.15, 0.2) is 0 Å². The minimum Gasteiger partial charge on any atom is -0.493 e. The average Bonchev–Trinajstić information content (AvgIpc) is 2.85. The molecule has 2 aliphatic heterocycles. The van der Waals surface area contributed by atoms with Crippen molar-refractivity contribution >= 4 is 29.1 Å². The molecular weight excluding hydrogens is 457 g/mol.